The molecule has 0 aliphatic carbocycles. The molecule has 94 valence electrons. The molecule has 5 heteroatoms. The van der Waals surface area contributed by atoms with Gasteiger partial charge in [-0.25, -0.2) is 4.39 Å². The number of benzene rings is 1. The first-order valence-corrected chi connectivity index (χ1v) is 6.06. The van der Waals surface area contributed by atoms with Crippen molar-refractivity contribution in [3.8, 4) is 0 Å². The fourth-order valence-corrected chi connectivity index (χ4v) is 1.80. The standard InChI is InChI=1S/C12H15BrFNO2/c1-8(7-17-2)5-12(16)15-11-6-9(14)3-4-10(11)13/h3-4,6,8H,5,7H2,1-2H3,(H,15,16). The lowest BCUT2D eigenvalue weighted by Gasteiger charge is -2.11. The van der Waals surface area contributed by atoms with Crippen LogP contribution in [0.2, 0.25) is 0 Å². The van der Waals surface area contributed by atoms with E-state index < -0.39 is 0 Å². The maximum absolute atomic E-state index is 13.0. The zero-order chi connectivity index (χ0) is 12.8. The van der Waals surface area contributed by atoms with Gasteiger partial charge in [0, 0.05) is 24.6 Å². The number of amides is 1. The van der Waals surface area contributed by atoms with Crippen LogP contribution in [0.1, 0.15) is 13.3 Å². The Morgan fingerprint density at radius 1 is 1.59 bits per heavy atom. The Balaban J connectivity index is 2.58. The lowest BCUT2D eigenvalue weighted by atomic mass is 10.1. The summed E-state index contributed by atoms with van der Waals surface area (Å²) >= 11 is 3.25. The molecule has 1 aromatic carbocycles. The Labute approximate surface area is 108 Å². The third-order valence-electron chi connectivity index (χ3n) is 2.19. The van der Waals surface area contributed by atoms with Gasteiger partial charge in [-0.2, -0.15) is 0 Å². The zero-order valence-electron chi connectivity index (χ0n) is 9.80. The van der Waals surface area contributed by atoms with E-state index in [1.807, 2.05) is 6.92 Å². The van der Waals surface area contributed by atoms with Crippen molar-refractivity contribution in [3.63, 3.8) is 0 Å². The number of hydrogen-bond donors (Lipinski definition) is 1. The molecule has 1 unspecified atom stereocenters. The van der Waals surface area contributed by atoms with Crippen LogP contribution in [0, 0.1) is 11.7 Å². The van der Waals surface area contributed by atoms with Crippen molar-refractivity contribution in [1.29, 1.82) is 0 Å². The summed E-state index contributed by atoms with van der Waals surface area (Å²) < 4.78 is 18.6. The summed E-state index contributed by atoms with van der Waals surface area (Å²) in [6.45, 7) is 2.45. The number of ether oxygens (including phenoxy) is 1. The van der Waals surface area contributed by atoms with E-state index in [0.717, 1.165) is 0 Å². The number of carbonyl (C=O) groups excluding carboxylic acids is 1. The van der Waals surface area contributed by atoms with E-state index in [2.05, 4.69) is 21.2 Å². The summed E-state index contributed by atoms with van der Waals surface area (Å²) in [4.78, 5) is 11.7. The van der Waals surface area contributed by atoms with E-state index in [-0.39, 0.29) is 17.6 Å². The van der Waals surface area contributed by atoms with Crippen LogP contribution in [0.4, 0.5) is 10.1 Å². The number of rotatable bonds is 5. The number of halogens is 2. The predicted octanol–water partition coefficient (Wildman–Crippen LogP) is 3.20. The van der Waals surface area contributed by atoms with Crippen LogP contribution in [0.5, 0.6) is 0 Å². The van der Waals surface area contributed by atoms with E-state index in [1.165, 1.54) is 12.1 Å². The molecule has 0 heterocycles. The molecule has 0 bridgehead atoms. The highest BCUT2D eigenvalue weighted by molar-refractivity contribution is 9.10. The van der Waals surface area contributed by atoms with Crippen LogP contribution >= 0.6 is 15.9 Å². The van der Waals surface area contributed by atoms with E-state index >= 15 is 0 Å². The highest BCUT2D eigenvalue weighted by Gasteiger charge is 2.11. The highest BCUT2D eigenvalue weighted by atomic mass is 79.9. The fraction of sp³-hybridized carbons (Fsp3) is 0.417. The van der Waals surface area contributed by atoms with Crippen molar-refractivity contribution in [2.24, 2.45) is 5.92 Å². The van der Waals surface area contributed by atoms with Crippen LogP contribution in [-0.2, 0) is 9.53 Å². The minimum Gasteiger partial charge on any atom is -0.384 e. The van der Waals surface area contributed by atoms with Crippen molar-refractivity contribution in [2.45, 2.75) is 13.3 Å². The Bertz CT molecular complexity index is 398. The number of methoxy groups -OCH3 is 1. The molecular weight excluding hydrogens is 289 g/mol. The Morgan fingerprint density at radius 2 is 2.29 bits per heavy atom. The van der Waals surface area contributed by atoms with Gasteiger partial charge in [-0.05, 0) is 40.0 Å². The van der Waals surface area contributed by atoms with Crippen molar-refractivity contribution < 1.29 is 13.9 Å². The monoisotopic (exact) mass is 303 g/mol. The van der Waals surface area contributed by atoms with Gasteiger partial charge in [0.15, 0.2) is 0 Å². The molecule has 0 saturated carbocycles. The maximum atomic E-state index is 13.0. The quantitative estimate of drug-likeness (QED) is 0.907. The topological polar surface area (TPSA) is 38.3 Å². The molecule has 0 spiro atoms. The van der Waals surface area contributed by atoms with E-state index in [1.54, 1.807) is 13.2 Å². The number of carbonyl (C=O) groups is 1. The molecule has 17 heavy (non-hydrogen) atoms. The first kappa shape index (κ1) is 14.1. The van der Waals surface area contributed by atoms with Crippen LogP contribution in [-0.4, -0.2) is 19.6 Å². The van der Waals surface area contributed by atoms with Gasteiger partial charge >= 0.3 is 0 Å². The maximum Gasteiger partial charge on any atom is 0.224 e. The Morgan fingerprint density at radius 3 is 2.94 bits per heavy atom. The van der Waals surface area contributed by atoms with Crippen molar-refractivity contribution in [1.82, 2.24) is 0 Å². The third-order valence-corrected chi connectivity index (χ3v) is 2.88. The third kappa shape index (κ3) is 4.83. The summed E-state index contributed by atoms with van der Waals surface area (Å²) in [5, 5.41) is 2.66. The lowest BCUT2D eigenvalue weighted by Crippen LogP contribution is -2.17. The smallest absolute Gasteiger partial charge is 0.224 e. The molecule has 0 fully saturated rings. The second-order valence-corrected chi connectivity index (χ2v) is 4.79. The van der Waals surface area contributed by atoms with Crippen LogP contribution in [0.25, 0.3) is 0 Å². The molecule has 3 nitrogen and oxygen atoms in total. The van der Waals surface area contributed by atoms with Crippen molar-refractivity contribution in [3.05, 3.63) is 28.5 Å². The van der Waals surface area contributed by atoms with E-state index in [4.69, 9.17) is 4.74 Å². The molecule has 1 N–H and O–H groups in total. The Kier molecular flexibility index (Phi) is 5.58. The molecule has 0 aliphatic heterocycles. The molecule has 0 aliphatic rings. The second kappa shape index (κ2) is 6.71. The molecule has 0 aromatic heterocycles. The van der Waals surface area contributed by atoms with Crippen molar-refractivity contribution >= 4 is 27.5 Å². The van der Waals surface area contributed by atoms with Crippen LogP contribution in [0.3, 0.4) is 0 Å². The van der Waals surface area contributed by atoms with Gasteiger partial charge in [-0.15, -0.1) is 0 Å². The summed E-state index contributed by atoms with van der Waals surface area (Å²) in [6.07, 6.45) is 0.344. The average molecular weight is 304 g/mol. The minimum absolute atomic E-state index is 0.132. The van der Waals surface area contributed by atoms with Gasteiger partial charge in [0.25, 0.3) is 0 Å². The summed E-state index contributed by atoms with van der Waals surface area (Å²) in [5.41, 5.74) is 0.444. The number of nitrogens with one attached hydrogen (secondary N) is 1. The highest BCUT2D eigenvalue weighted by Crippen LogP contribution is 2.23. The van der Waals surface area contributed by atoms with Gasteiger partial charge in [0.1, 0.15) is 5.82 Å². The van der Waals surface area contributed by atoms with Gasteiger partial charge in [-0.1, -0.05) is 6.92 Å². The normalized spacial score (nSPS) is 12.2. The minimum atomic E-state index is -0.381. The fourth-order valence-electron chi connectivity index (χ4n) is 1.45. The molecule has 0 saturated heterocycles. The molecule has 1 aromatic rings. The number of anilines is 1. The summed E-state index contributed by atoms with van der Waals surface area (Å²) in [6, 6.07) is 4.17. The van der Waals surface area contributed by atoms with Crippen LogP contribution in [0.15, 0.2) is 22.7 Å². The summed E-state index contributed by atoms with van der Waals surface area (Å²) in [7, 11) is 1.59. The lowest BCUT2D eigenvalue weighted by molar-refractivity contribution is -0.117. The van der Waals surface area contributed by atoms with Gasteiger partial charge < -0.3 is 10.1 Å². The zero-order valence-corrected chi connectivity index (χ0v) is 11.4. The molecule has 1 atom stereocenters. The summed E-state index contributed by atoms with van der Waals surface area (Å²) in [5.74, 6) is -0.401. The Hall–Kier alpha value is -0.940. The van der Waals surface area contributed by atoms with E-state index in [0.29, 0.717) is 23.2 Å². The second-order valence-electron chi connectivity index (χ2n) is 3.94. The van der Waals surface area contributed by atoms with Crippen molar-refractivity contribution in [2.75, 3.05) is 19.0 Å². The molecule has 1 amide bonds. The van der Waals surface area contributed by atoms with Crippen LogP contribution < -0.4 is 5.32 Å². The molecular formula is C12H15BrFNO2. The molecule has 1 rings (SSSR count). The van der Waals surface area contributed by atoms with Gasteiger partial charge in [0.2, 0.25) is 5.91 Å². The predicted molar refractivity (Wildman–Crippen MR) is 68.4 cm³/mol. The SMILES string of the molecule is COCC(C)CC(=O)Nc1cc(F)ccc1Br. The van der Waals surface area contributed by atoms with E-state index in [9.17, 15) is 9.18 Å². The van der Waals surface area contributed by atoms with Gasteiger partial charge in [0.05, 0.1) is 5.69 Å². The first-order valence-electron chi connectivity index (χ1n) is 5.26. The number of hydrogen-bond acceptors (Lipinski definition) is 2. The van der Waals surface area contributed by atoms with Gasteiger partial charge in [-0.3, -0.25) is 4.79 Å². The molecule has 0 radical (unpaired) electrons. The largest absolute Gasteiger partial charge is 0.384 e. The first-order chi connectivity index (χ1) is 8.02. The average Bonchev–Trinajstić information content (AvgIpc) is 2.23.